The number of alkyl halides is 3. The van der Waals surface area contributed by atoms with Crippen LogP contribution < -0.4 is 0 Å². The van der Waals surface area contributed by atoms with Crippen molar-refractivity contribution in [3.05, 3.63) is 17.5 Å². The molecule has 0 radical (unpaired) electrons. The smallest absolute Gasteiger partial charge is 0.335 e. The van der Waals surface area contributed by atoms with E-state index in [4.69, 9.17) is 0 Å². The lowest BCUT2D eigenvalue weighted by atomic mass is 10.0. The van der Waals surface area contributed by atoms with E-state index < -0.39 is 12.1 Å². The summed E-state index contributed by atoms with van der Waals surface area (Å²) in [7, 11) is 2.00. The first-order valence-electron chi connectivity index (χ1n) is 7.10. The highest BCUT2D eigenvalue weighted by molar-refractivity contribution is 8.01. The van der Waals surface area contributed by atoms with Crippen molar-refractivity contribution in [3.63, 3.8) is 0 Å². The van der Waals surface area contributed by atoms with Gasteiger partial charge in [0.1, 0.15) is 0 Å². The third-order valence-corrected chi connectivity index (χ3v) is 5.91. The van der Waals surface area contributed by atoms with Crippen molar-refractivity contribution in [1.29, 1.82) is 0 Å². The summed E-state index contributed by atoms with van der Waals surface area (Å²) in [5, 5.41) is 2.04. The van der Waals surface area contributed by atoms with E-state index in [-0.39, 0.29) is 19.1 Å². The molecule has 0 saturated carbocycles. The molecular formula is C14H19F3N2OS2. The monoisotopic (exact) mass is 352 g/mol. The van der Waals surface area contributed by atoms with Gasteiger partial charge in [0, 0.05) is 31.4 Å². The van der Waals surface area contributed by atoms with Crippen molar-refractivity contribution in [1.82, 2.24) is 9.80 Å². The van der Waals surface area contributed by atoms with E-state index in [0.717, 1.165) is 17.2 Å². The van der Waals surface area contributed by atoms with E-state index in [0.29, 0.717) is 12.8 Å². The average Bonchev–Trinajstić information content (AvgIpc) is 2.99. The third kappa shape index (κ3) is 4.89. The van der Waals surface area contributed by atoms with Gasteiger partial charge in [-0.3, -0.25) is 4.79 Å². The maximum Gasteiger partial charge on any atom is 0.471 e. The molecule has 0 atom stereocenters. The van der Waals surface area contributed by atoms with Crippen LogP contribution in [0.2, 0.25) is 0 Å². The summed E-state index contributed by atoms with van der Waals surface area (Å²) in [5.74, 6) is -0.750. The van der Waals surface area contributed by atoms with Gasteiger partial charge in [0.05, 0.1) is 4.21 Å². The van der Waals surface area contributed by atoms with Crippen molar-refractivity contribution in [2.24, 2.45) is 0 Å². The van der Waals surface area contributed by atoms with E-state index in [1.165, 1.54) is 4.21 Å². The molecule has 1 fully saturated rings. The molecule has 0 spiro atoms. The Morgan fingerprint density at radius 1 is 1.45 bits per heavy atom. The molecule has 1 aliphatic heterocycles. The van der Waals surface area contributed by atoms with E-state index in [1.54, 1.807) is 23.1 Å². The SMILES string of the molecule is CN(CCSc1cccs1)C1CCN(C(=O)C(F)(F)F)CC1. The first kappa shape index (κ1) is 17.6. The highest BCUT2D eigenvalue weighted by Gasteiger charge is 2.43. The molecule has 0 aliphatic carbocycles. The lowest BCUT2D eigenvalue weighted by Crippen LogP contribution is -2.49. The fourth-order valence-corrected chi connectivity index (χ4v) is 4.40. The van der Waals surface area contributed by atoms with Gasteiger partial charge in [-0.25, -0.2) is 0 Å². The number of thiophene rings is 1. The molecule has 2 heterocycles. The van der Waals surface area contributed by atoms with Crippen molar-refractivity contribution >= 4 is 29.0 Å². The number of likely N-dealkylation sites (tertiary alicyclic amines) is 1. The van der Waals surface area contributed by atoms with Crippen molar-refractivity contribution in [2.45, 2.75) is 29.3 Å². The number of carbonyl (C=O) groups excluding carboxylic acids is 1. The first-order valence-corrected chi connectivity index (χ1v) is 8.97. The fourth-order valence-electron chi connectivity index (χ4n) is 2.51. The molecule has 1 aromatic rings. The number of hydrogen-bond donors (Lipinski definition) is 0. The first-order chi connectivity index (χ1) is 10.4. The van der Waals surface area contributed by atoms with Gasteiger partial charge in [-0.1, -0.05) is 6.07 Å². The molecule has 1 saturated heterocycles. The van der Waals surface area contributed by atoms with Crippen LogP contribution in [-0.4, -0.2) is 60.4 Å². The van der Waals surface area contributed by atoms with Crippen LogP contribution in [0.4, 0.5) is 13.2 Å². The second-order valence-corrected chi connectivity index (χ2v) is 7.63. The lowest BCUT2D eigenvalue weighted by molar-refractivity contribution is -0.186. The molecule has 0 aromatic carbocycles. The quantitative estimate of drug-likeness (QED) is 0.760. The summed E-state index contributed by atoms with van der Waals surface area (Å²) in [6.45, 7) is 1.26. The largest absolute Gasteiger partial charge is 0.471 e. The van der Waals surface area contributed by atoms with Gasteiger partial charge in [0.25, 0.3) is 0 Å². The van der Waals surface area contributed by atoms with Crippen LogP contribution in [0.1, 0.15) is 12.8 Å². The maximum atomic E-state index is 12.4. The van der Waals surface area contributed by atoms with Gasteiger partial charge >= 0.3 is 12.1 Å². The number of hydrogen-bond acceptors (Lipinski definition) is 4. The number of carbonyl (C=O) groups is 1. The van der Waals surface area contributed by atoms with Crippen LogP contribution in [0.3, 0.4) is 0 Å². The van der Waals surface area contributed by atoms with Gasteiger partial charge < -0.3 is 9.80 Å². The Hall–Kier alpha value is -0.730. The Bertz CT molecular complexity index is 471. The fraction of sp³-hybridized carbons (Fsp3) is 0.643. The zero-order valence-electron chi connectivity index (χ0n) is 12.3. The number of thioether (sulfide) groups is 1. The van der Waals surface area contributed by atoms with Gasteiger partial charge in [0.15, 0.2) is 0 Å². The summed E-state index contributed by atoms with van der Waals surface area (Å²) >= 11 is 3.50. The van der Waals surface area contributed by atoms with E-state index in [2.05, 4.69) is 11.0 Å². The van der Waals surface area contributed by atoms with Crippen LogP contribution in [0.5, 0.6) is 0 Å². The highest BCUT2D eigenvalue weighted by atomic mass is 32.2. The second kappa shape index (κ2) is 7.70. The van der Waals surface area contributed by atoms with Gasteiger partial charge in [-0.05, 0) is 31.3 Å². The van der Waals surface area contributed by atoms with Gasteiger partial charge in [-0.15, -0.1) is 23.1 Å². The van der Waals surface area contributed by atoms with Crippen LogP contribution >= 0.6 is 23.1 Å². The van der Waals surface area contributed by atoms with E-state index in [9.17, 15) is 18.0 Å². The molecule has 0 bridgehead atoms. The maximum absolute atomic E-state index is 12.4. The minimum atomic E-state index is -4.75. The van der Waals surface area contributed by atoms with Crippen LogP contribution in [0.15, 0.2) is 21.7 Å². The van der Waals surface area contributed by atoms with E-state index in [1.807, 2.05) is 18.5 Å². The number of rotatable bonds is 5. The van der Waals surface area contributed by atoms with Crippen LogP contribution in [-0.2, 0) is 4.79 Å². The topological polar surface area (TPSA) is 23.6 Å². The Kier molecular flexibility index (Phi) is 6.17. The molecule has 22 heavy (non-hydrogen) atoms. The van der Waals surface area contributed by atoms with Gasteiger partial charge in [-0.2, -0.15) is 13.2 Å². The minimum absolute atomic E-state index is 0.186. The molecule has 1 amide bonds. The third-order valence-electron chi connectivity index (χ3n) is 3.80. The summed E-state index contributed by atoms with van der Waals surface area (Å²) in [6.07, 6.45) is -3.56. The summed E-state index contributed by atoms with van der Waals surface area (Å²) in [4.78, 5) is 14.3. The number of piperidine rings is 1. The zero-order chi connectivity index (χ0) is 16.2. The molecular weight excluding hydrogens is 333 g/mol. The predicted molar refractivity (Wildman–Crippen MR) is 83.3 cm³/mol. The zero-order valence-corrected chi connectivity index (χ0v) is 13.9. The Labute approximate surface area is 136 Å². The molecule has 1 aromatic heterocycles. The number of halogens is 3. The van der Waals surface area contributed by atoms with E-state index >= 15 is 0 Å². The molecule has 124 valence electrons. The summed E-state index contributed by atoms with van der Waals surface area (Å²) < 4.78 is 38.4. The molecule has 3 nitrogen and oxygen atoms in total. The molecule has 0 N–H and O–H groups in total. The number of nitrogens with zero attached hydrogens (tertiary/aromatic N) is 2. The molecule has 0 unspecified atom stereocenters. The molecule has 8 heteroatoms. The normalized spacial score (nSPS) is 17.2. The highest BCUT2D eigenvalue weighted by Crippen LogP contribution is 2.25. The standard InChI is InChI=1S/C14H19F3N2OS2/c1-18(8-10-22-12-3-2-9-21-12)11-4-6-19(7-5-11)13(20)14(15,16)17/h2-3,9,11H,4-8,10H2,1H3. The van der Waals surface area contributed by atoms with Crippen molar-refractivity contribution < 1.29 is 18.0 Å². The number of amides is 1. The van der Waals surface area contributed by atoms with Crippen molar-refractivity contribution in [3.8, 4) is 0 Å². The van der Waals surface area contributed by atoms with Crippen LogP contribution in [0, 0.1) is 0 Å². The van der Waals surface area contributed by atoms with Gasteiger partial charge in [0.2, 0.25) is 0 Å². The second-order valence-electron chi connectivity index (χ2n) is 5.28. The van der Waals surface area contributed by atoms with Crippen LogP contribution in [0.25, 0.3) is 0 Å². The molecule has 1 aliphatic rings. The van der Waals surface area contributed by atoms with Crippen molar-refractivity contribution in [2.75, 3.05) is 32.4 Å². The Morgan fingerprint density at radius 3 is 2.68 bits per heavy atom. The Morgan fingerprint density at radius 2 is 2.14 bits per heavy atom. The summed E-state index contributed by atoms with van der Waals surface area (Å²) in [5.41, 5.74) is 0. The molecule has 2 rings (SSSR count). The minimum Gasteiger partial charge on any atom is -0.335 e. The predicted octanol–water partition coefficient (Wildman–Crippen LogP) is 3.33. The Balaban J connectivity index is 1.70. The average molecular weight is 352 g/mol. The summed E-state index contributed by atoms with van der Waals surface area (Å²) in [6, 6.07) is 4.35. The lowest BCUT2D eigenvalue weighted by Gasteiger charge is -2.36.